The molecule has 0 aromatic heterocycles. The quantitative estimate of drug-likeness (QED) is 0.864. The van der Waals surface area contributed by atoms with Crippen molar-refractivity contribution in [3.8, 4) is 0 Å². The molecule has 1 aromatic rings. The van der Waals surface area contributed by atoms with E-state index in [0.29, 0.717) is 6.42 Å². The van der Waals surface area contributed by atoms with Crippen molar-refractivity contribution < 1.29 is 4.79 Å². The second kappa shape index (κ2) is 5.32. The molecule has 3 nitrogen and oxygen atoms in total. The number of fused-ring (bicyclic) bond motifs is 1. The van der Waals surface area contributed by atoms with Gasteiger partial charge in [-0.05, 0) is 37.8 Å². The van der Waals surface area contributed by atoms with Gasteiger partial charge in [-0.25, -0.2) is 0 Å². The summed E-state index contributed by atoms with van der Waals surface area (Å²) in [6.45, 7) is 2.81. The summed E-state index contributed by atoms with van der Waals surface area (Å²) < 4.78 is 0. The minimum atomic E-state index is 0.189. The monoisotopic (exact) mass is 232 g/mol. The van der Waals surface area contributed by atoms with Crippen LogP contribution in [0.25, 0.3) is 0 Å². The molecule has 0 radical (unpaired) electrons. The van der Waals surface area contributed by atoms with E-state index >= 15 is 0 Å². The molecule has 0 bridgehead atoms. The van der Waals surface area contributed by atoms with Crippen LogP contribution in [0.1, 0.15) is 31.7 Å². The average Bonchev–Trinajstić information content (AvgIpc) is 2.72. The first-order valence-corrected chi connectivity index (χ1v) is 6.32. The van der Waals surface area contributed by atoms with Crippen molar-refractivity contribution in [3.63, 3.8) is 0 Å². The van der Waals surface area contributed by atoms with E-state index in [9.17, 15) is 4.79 Å². The van der Waals surface area contributed by atoms with E-state index in [1.807, 2.05) is 30.0 Å². The van der Waals surface area contributed by atoms with Crippen LogP contribution in [0.4, 0.5) is 5.69 Å². The molecule has 2 N–H and O–H groups in total. The van der Waals surface area contributed by atoms with Gasteiger partial charge in [0.05, 0.1) is 0 Å². The number of hydrogen-bond acceptors (Lipinski definition) is 2. The molecule has 0 saturated heterocycles. The molecule has 1 aliphatic heterocycles. The van der Waals surface area contributed by atoms with Gasteiger partial charge in [0.25, 0.3) is 0 Å². The van der Waals surface area contributed by atoms with Crippen LogP contribution in [0.15, 0.2) is 24.3 Å². The first kappa shape index (κ1) is 12.1. The van der Waals surface area contributed by atoms with E-state index in [2.05, 4.69) is 6.07 Å². The van der Waals surface area contributed by atoms with Crippen molar-refractivity contribution in [2.45, 2.75) is 38.6 Å². The number of rotatable bonds is 4. The molecule has 1 aromatic carbocycles. The molecule has 92 valence electrons. The van der Waals surface area contributed by atoms with E-state index in [1.165, 1.54) is 5.56 Å². The molecule has 0 aliphatic carbocycles. The first-order valence-electron chi connectivity index (χ1n) is 6.32. The largest absolute Gasteiger partial charge is 0.328 e. The SMILES string of the molecule is CC(N)CCCC(=O)N1CCc2ccccc21. The highest BCUT2D eigenvalue weighted by atomic mass is 16.2. The number of hydrogen-bond donors (Lipinski definition) is 1. The standard InChI is InChI=1S/C14H20N2O/c1-11(15)5-4-8-14(17)16-10-9-12-6-2-3-7-13(12)16/h2-3,6-7,11H,4-5,8-10,15H2,1H3. The molecule has 3 heteroatoms. The highest BCUT2D eigenvalue weighted by Gasteiger charge is 2.23. The lowest BCUT2D eigenvalue weighted by molar-refractivity contribution is -0.118. The van der Waals surface area contributed by atoms with Crippen LogP contribution in [0.2, 0.25) is 0 Å². The summed E-state index contributed by atoms with van der Waals surface area (Å²) >= 11 is 0. The van der Waals surface area contributed by atoms with Crippen molar-refractivity contribution in [2.24, 2.45) is 5.73 Å². The number of amides is 1. The van der Waals surface area contributed by atoms with E-state index in [-0.39, 0.29) is 11.9 Å². The first-order chi connectivity index (χ1) is 8.18. The Morgan fingerprint density at radius 1 is 1.47 bits per heavy atom. The number of carbonyl (C=O) groups is 1. The number of benzene rings is 1. The molecule has 17 heavy (non-hydrogen) atoms. The molecule has 0 fully saturated rings. The second-order valence-corrected chi connectivity index (χ2v) is 4.79. The summed E-state index contributed by atoms with van der Waals surface area (Å²) in [7, 11) is 0. The Kier molecular flexibility index (Phi) is 3.79. The van der Waals surface area contributed by atoms with Gasteiger partial charge in [-0.2, -0.15) is 0 Å². The van der Waals surface area contributed by atoms with Crippen LogP contribution in [0, 0.1) is 0 Å². The summed E-state index contributed by atoms with van der Waals surface area (Å²) in [5, 5.41) is 0. The minimum Gasteiger partial charge on any atom is -0.328 e. The Morgan fingerprint density at radius 3 is 3.00 bits per heavy atom. The summed E-state index contributed by atoms with van der Waals surface area (Å²) in [4.78, 5) is 14.0. The fourth-order valence-electron chi connectivity index (χ4n) is 2.31. The van der Waals surface area contributed by atoms with Crippen molar-refractivity contribution in [3.05, 3.63) is 29.8 Å². The number of anilines is 1. The Balaban J connectivity index is 1.93. The highest BCUT2D eigenvalue weighted by molar-refractivity contribution is 5.95. The normalized spacial score (nSPS) is 15.8. The van der Waals surface area contributed by atoms with Crippen LogP contribution in [-0.4, -0.2) is 18.5 Å². The van der Waals surface area contributed by atoms with Crippen molar-refractivity contribution in [1.82, 2.24) is 0 Å². The lowest BCUT2D eigenvalue weighted by Crippen LogP contribution is -2.29. The fraction of sp³-hybridized carbons (Fsp3) is 0.500. The lowest BCUT2D eigenvalue weighted by Gasteiger charge is -2.17. The number of nitrogens with two attached hydrogens (primary N) is 1. The van der Waals surface area contributed by atoms with Gasteiger partial charge >= 0.3 is 0 Å². The van der Waals surface area contributed by atoms with Gasteiger partial charge in [0.15, 0.2) is 0 Å². The van der Waals surface area contributed by atoms with Crippen molar-refractivity contribution >= 4 is 11.6 Å². The topological polar surface area (TPSA) is 46.3 Å². The molecule has 0 saturated carbocycles. The number of carbonyl (C=O) groups excluding carboxylic acids is 1. The third-order valence-corrected chi connectivity index (χ3v) is 3.24. The number of para-hydroxylation sites is 1. The van der Waals surface area contributed by atoms with Crippen LogP contribution in [0.3, 0.4) is 0 Å². The molecular formula is C14H20N2O. The maximum absolute atomic E-state index is 12.1. The van der Waals surface area contributed by atoms with E-state index in [0.717, 1.165) is 31.5 Å². The van der Waals surface area contributed by atoms with Crippen LogP contribution in [0.5, 0.6) is 0 Å². The molecule has 1 unspecified atom stereocenters. The van der Waals surface area contributed by atoms with Gasteiger partial charge in [-0.15, -0.1) is 0 Å². The lowest BCUT2D eigenvalue weighted by atomic mass is 10.1. The maximum Gasteiger partial charge on any atom is 0.226 e. The molecule has 1 atom stereocenters. The van der Waals surface area contributed by atoms with Gasteiger partial charge in [0.1, 0.15) is 0 Å². The van der Waals surface area contributed by atoms with Gasteiger partial charge in [-0.3, -0.25) is 4.79 Å². The molecule has 1 heterocycles. The van der Waals surface area contributed by atoms with Crippen LogP contribution in [-0.2, 0) is 11.2 Å². The zero-order valence-corrected chi connectivity index (χ0v) is 10.4. The molecule has 1 amide bonds. The van der Waals surface area contributed by atoms with Crippen LogP contribution >= 0.6 is 0 Å². The Morgan fingerprint density at radius 2 is 2.24 bits per heavy atom. The molecular weight excluding hydrogens is 212 g/mol. The Hall–Kier alpha value is -1.35. The smallest absolute Gasteiger partial charge is 0.226 e. The zero-order chi connectivity index (χ0) is 12.3. The van der Waals surface area contributed by atoms with E-state index in [1.54, 1.807) is 0 Å². The molecule has 2 rings (SSSR count). The maximum atomic E-state index is 12.1. The minimum absolute atomic E-state index is 0.189. The van der Waals surface area contributed by atoms with Crippen molar-refractivity contribution in [2.75, 3.05) is 11.4 Å². The summed E-state index contributed by atoms with van der Waals surface area (Å²) in [5.74, 6) is 0.232. The highest BCUT2D eigenvalue weighted by Crippen LogP contribution is 2.28. The summed E-state index contributed by atoms with van der Waals surface area (Å²) in [5.41, 5.74) is 8.06. The third kappa shape index (κ3) is 2.86. The summed E-state index contributed by atoms with van der Waals surface area (Å²) in [6, 6.07) is 8.35. The Bertz CT molecular complexity index is 401. The second-order valence-electron chi connectivity index (χ2n) is 4.79. The van der Waals surface area contributed by atoms with Gasteiger partial charge in [-0.1, -0.05) is 18.2 Å². The van der Waals surface area contributed by atoms with Crippen molar-refractivity contribution in [1.29, 1.82) is 0 Å². The molecule has 1 aliphatic rings. The van der Waals surface area contributed by atoms with Gasteiger partial charge in [0.2, 0.25) is 5.91 Å². The number of nitrogens with zero attached hydrogens (tertiary/aromatic N) is 1. The summed E-state index contributed by atoms with van der Waals surface area (Å²) in [6.07, 6.45) is 3.39. The Labute approximate surface area is 103 Å². The van der Waals surface area contributed by atoms with Crippen LogP contribution < -0.4 is 10.6 Å². The predicted octanol–water partition coefficient (Wildman–Crippen LogP) is 2.09. The van der Waals surface area contributed by atoms with Gasteiger partial charge in [0, 0.05) is 24.7 Å². The van der Waals surface area contributed by atoms with E-state index < -0.39 is 0 Å². The predicted molar refractivity (Wildman–Crippen MR) is 70.0 cm³/mol. The fourth-order valence-corrected chi connectivity index (χ4v) is 2.31. The van der Waals surface area contributed by atoms with Gasteiger partial charge < -0.3 is 10.6 Å². The zero-order valence-electron chi connectivity index (χ0n) is 10.4. The molecule has 0 spiro atoms. The third-order valence-electron chi connectivity index (χ3n) is 3.24. The van der Waals surface area contributed by atoms with E-state index in [4.69, 9.17) is 5.73 Å². The average molecular weight is 232 g/mol.